The summed E-state index contributed by atoms with van der Waals surface area (Å²) in [7, 11) is 0. The molecule has 19 heavy (non-hydrogen) atoms. The maximum absolute atomic E-state index is 5.82. The van der Waals surface area contributed by atoms with E-state index in [9.17, 15) is 0 Å². The van der Waals surface area contributed by atoms with Crippen LogP contribution < -0.4 is 11.3 Å². The van der Waals surface area contributed by atoms with Crippen LogP contribution in [-0.2, 0) is 6.42 Å². The van der Waals surface area contributed by atoms with Crippen molar-refractivity contribution >= 4 is 11.3 Å². The largest absolute Gasteiger partial charge is 0.297 e. The molecule has 1 fully saturated rings. The molecule has 1 saturated heterocycles. The zero-order chi connectivity index (χ0) is 14.0. The molecule has 1 aromatic heterocycles. The van der Waals surface area contributed by atoms with Crippen LogP contribution in [-0.4, -0.2) is 34.6 Å². The lowest BCUT2D eigenvalue weighted by Gasteiger charge is -2.41. The predicted octanol–water partition coefficient (Wildman–Crippen LogP) is 2.01. The molecule has 0 saturated carbocycles. The van der Waals surface area contributed by atoms with Crippen molar-refractivity contribution in [3.63, 3.8) is 0 Å². The minimum atomic E-state index is 0.0682. The molecule has 5 heteroatoms. The molecular formula is C14H26N4S. The number of hydrogen-bond acceptors (Lipinski definition) is 5. The maximum atomic E-state index is 5.82. The van der Waals surface area contributed by atoms with Crippen LogP contribution in [0.2, 0.25) is 0 Å². The van der Waals surface area contributed by atoms with Crippen LogP contribution >= 0.6 is 11.3 Å². The number of aromatic nitrogens is 1. The van der Waals surface area contributed by atoms with Gasteiger partial charge in [0.15, 0.2) is 0 Å². The van der Waals surface area contributed by atoms with Gasteiger partial charge in [0.25, 0.3) is 0 Å². The number of hydrogen-bond donors (Lipinski definition) is 2. The van der Waals surface area contributed by atoms with Crippen molar-refractivity contribution in [1.29, 1.82) is 0 Å². The van der Waals surface area contributed by atoms with Crippen LogP contribution in [0.3, 0.4) is 0 Å². The van der Waals surface area contributed by atoms with E-state index in [0.29, 0.717) is 0 Å². The monoisotopic (exact) mass is 282 g/mol. The molecule has 1 aliphatic rings. The summed E-state index contributed by atoms with van der Waals surface area (Å²) in [5.41, 5.74) is 4.24. The number of nitrogens with zero attached hydrogens (tertiary/aromatic N) is 2. The van der Waals surface area contributed by atoms with Gasteiger partial charge in [-0.05, 0) is 53.6 Å². The fourth-order valence-corrected chi connectivity index (χ4v) is 3.81. The number of thiazole rings is 1. The highest BCUT2D eigenvalue weighted by atomic mass is 32.1. The van der Waals surface area contributed by atoms with Gasteiger partial charge < -0.3 is 0 Å². The number of nitrogens with one attached hydrogen (secondary N) is 1. The first-order valence-electron chi connectivity index (χ1n) is 7.09. The quantitative estimate of drug-likeness (QED) is 0.641. The average Bonchev–Trinajstić information content (AvgIpc) is 2.97. The Labute approximate surface area is 120 Å². The summed E-state index contributed by atoms with van der Waals surface area (Å²) in [6, 6.07) is 0.232. The lowest BCUT2D eigenvalue weighted by atomic mass is 9.90. The lowest BCUT2D eigenvalue weighted by Crippen LogP contribution is -2.59. The van der Waals surface area contributed by atoms with Crippen molar-refractivity contribution in [1.82, 2.24) is 15.3 Å². The fourth-order valence-electron chi connectivity index (χ4n) is 2.83. The van der Waals surface area contributed by atoms with E-state index in [2.05, 4.69) is 43.0 Å². The molecule has 0 bridgehead atoms. The van der Waals surface area contributed by atoms with Crippen molar-refractivity contribution < 1.29 is 0 Å². The Morgan fingerprint density at radius 3 is 2.47 bits per heavy atom. The number of aryl methyl sites for hydroxylation is 2. The number of likely N-dealkylation sites (tertiary alicyclic amines) is 1. The first kappa shape index (κ1) is 14.9. The molecule has 3 N–H and O–H groups in total. The van der Waals surface area contributed by atoms with Gasteiger partial charge in [-0.15, -0.1) is 11.3 Å². The molecular weight excluding hydrogens is 256 g/mol. The zero-order valence-corrected chi connectivity index (χ0v) is 13.3. The van der Waals surface area contributed by atoms with Crippen LogP contribution in [0.1, 0.15) is 42.3 Å². The number of nitrogens with two attached hydrogens (primary N) is 1. The van der Waals surface area contributed by atoms with Gasteiger partial charge in [0.2, 0.25) is 0 Å². The van der Waals surface area contributed by atoms with Gasteiger partial charge in [0.1, 0.15) is 0 Å². The summed E-state index contributed by atoms with van der Waals surface area (Å²) in [6.45, 7) is 11.1. The van der Waals surface area contributed by atoms with E-state index in [4.69, 9.17) is 5.84 Å². The third-order valence-electron chi connectivity index (χ3n) is 4.43. The van der Waals surface area contributed by atoms with Gasteiger partial charge in [0.05, 0.1) is 10.7 Å². The molecule has 2 heterocycles. The van der Waals surface area contributed by atoms with Crippen molar-refractivity contribution in [3.8, 4) is 0 Å². The van der Waals surface area contributed by atoms with E-state index in [1.807, 2.05) is 0 Å². The summed E-state index contributed by atoms with van der Waals surface area (Å²) < 4.78 is 0. The lowest BCUT2D eigenvalue weighted by molar-refractivity contribution is 0.106. The van der Waals surface area contributed by atoms with E-state index < -0.39 is 0 Å². The molecule has 2 rings (SSSR count). The first-order valence-corrected chi connectivity index (χ1v) is 7.91. The normalized spacial score (nSPS) is 19.0. The minimum Gasteiger partial charge on any atom is -0.297 e. The topological polar surface area (TPSA) is 54.2 Å². The Kier molecular flexibility index (Phi) is 4.61. The van der Waals surface area contributed by atoms with Crippen LogP contribution in [0.5, 0.6) is 0 Å². The van der Waals surface area contributed by atoms with Gasteiger partial charge in [-0.2, -0.15) is 0 Å². The highest BCUT2D eigenvalue weighted by Crippen LogP contribution is 2.27. The Balaban J connectivity index is 2.10. The van der Waals surface area contributed by atoms with Crippen LogP contribution in [0.25, 0.3) is 0 Å². The summed E-state index contributed by atoms with van der Waals surface area (Å²) in [5.74, 6) is 5.82. The van der Waals surface area contributed by atoms with Crippen molar-refractivity contribution in [2.75, 3.05) is 13.1 Å². The molecule has 4 nitrogen and oxygen atoms in total. The van der Waals surface area contributed by atoms with Crippen molar-refractivity contribution in [2.45, 2.75) is 58.5 Å². The average molecular weight is 282 g/mol. The van der Waals surface area contributed by atoms with Crippen LogP contribution in [0.4, 0.5) is 0 Å². The van der Waals surface area contributed by atoms with Gasteiger partial charge in [0, 0.05) is 22.9 Å². The van der Waals surface area contributed by atoms with E-state index in [1.54, 1.807) is 11.3 Å². The fraction of sp³-hybridized carbons (Fsp3) is 0.786. The molecule has 0 amide bonds. The minimum absolute atomic E-state index is 0.0682. The van der Waals surface area contributed by atoms with E-state index in [-0.39, 0.29) is 11.6 Å². The van der Waals surface area contributed by atoms with Gasteiger partial charge in [-0.25, -0.2) is 4.98 Å². The summed E-state index contributed by atoms with van der Waals surface area (Å²) >= 11 is 1.79. The summed E-state index contributed by atoms with van der Waals surface area (Å²) in [5, 5.41) is 1.19. The molecule has 1 aliphatic heterocycles. The van der Waals surface area contributed by atoms with E-state index in [0.717, 1.165) is 12.1 Å². The molecule has 1 atom stereocenters. The Bertz CT molecular complexity index is 402. The molecule has 108 valence electrons. The molecule has 0 aliphatic carbocycles. The van der Waals surface area contributed by atoms with Crippen LogP contribution in [0.15, 0.2) is 0 Å². The number of hydrazine groups is 1. The second kappa shape index (κ2) is 5.87. The van der Waals surface area contributed by atoms with Crippen molar-refractivity contribution in [2.24, 2.45) is 5.84 Å². The van der Waals surface area contributed by atoms with E-state index in [1.165, 1.54) is 35.8 Å². The Hall–Kier alpha value is -0.490. The molecule has 0 aromatic carbocycles. The van der Waals surface area contributed by atoms with Crippen LogP contribution in [0, 0.1) is 13.8 Å². The zero-order valence-electron chi connectivity index (χ0n) is 12.5. The Morgan fingerprint density at radius 2 is 2.00 bits per heavy atom. The standard InChI is InChI=1S/C14H26N4S/c1-10-11(2)19-13(16-10)9-12(17-15)14(3,4)18-7-5-6-8-18/h12,17H,5-9,15H2,1-4H3. The first-order chi connectivity index (χ1) is 8.95. The maximum Gasteiger partial charge on any atom is 0.0947 e. The number of rotatable bonds is 5. The highest BCUT2D eigenvalue weighted by molar-refractivity contribution is 7.11. The third-order valence-corrected chi connectivity index (χ3v) is 5.52. The summed E-state index contributed by atoms with van der Waals surface area (Å²) in [6.07, 6.45) is 3.51. The van der Waals surface area contributed by atoms with Gasteiger partial charge in [-0.3, -0.25) is 16.2 Å². The second-order valence-corrected chi connectivity index (χ2v) is 7.31. The smallest absolute Gasteiger partial charge is 0.0947 e. The Morgan fingerprint density at radius 1 is 1.37 bits per heavy atom. The SMILES string of the molecule is Cc1nc(CC(NN)C(C)(C)N2CCCC2)sc1C. The van der Waals surface area contributed by atoms with Gasteiger partial charge in [-0.1, -0.05) is 0 Å². The molecule has 0 radical (unpaired) electrons. The molecule has 0 spiro atoms. The third kappa shape index (κ3) is 3.16. The van der Waals surface area contributed by atoms with Crippen molar-refractivity contribution in [3.05, 3.63) is 15.6 Å². The van der Waals surface area contributed by atoms with E-state index >= 15 is 0 Å². The summed E-state index contributed by atoms with van der Waals surface area (Å²) in [4.78, 5) is 8.50. The molecule has 1 aromatic rings. The second-order valence-electron chi connectivity index (χ2n) is 6.02. The van der Waals surface area contributed by atoms with Gasteiger partial charge >= 0.3 is 0 Å². The highest BCUT2D eigenvalue weighted by Gasteiger charge is 2.36. The predicted molar refractivity (Wildman–Crippen MR) is 81.3 cm³/mol. The molecule has 1 unspecified atom stereocenters.